The third-order valence-corrected chi connectivity index (χ3v) is 3.50. The molecule has 3 aromatic rings. The second-order valence-electron chi connectivity index (χ2n) is 5.48. The van der Waals surface area contributed by atoms with E-state index < -0.39 is 0 Å². The van der Waals surface area contributed by atoms with Gasteiger partial charge in [-0.05, 0) is 36.8 Å². The molecule has 0 unspecified atom stereocenters. The van der Waals surface area contributed by atoms with Gasteiger partial charge in [0.1, 0.15) is 5.82 Å². The molecule has 0 spiro atoms. The Morgan fingerprint density at radius 3 is 2.57 bits per heavy atom. The van der Waals surface area contributed by atoms with E-state index in [4.69, 9.17) is 10.7 Å². The molecule has 0 radical (unpaired) electrons. The molecule has 0 atom stereocenters. The highest BCUT2D eigenvalue weighted by atomic mass is 15.1. The molecular weight excluding hydrogens is 258 g/mol. The standard InChI is InChI=1S/C18H19N3/c1-13(2)12-21-17-6-4-3-5-16(17)20-18(21)11-14-7-9-15(19)10-8-14/h3-10H,1,11-12,19H2,2H3. The molecular formula is C18H19N3. The van der Waals surface area contributed by atoms with Gasteiger partial charge in [0, 0.05) is 18.7 Å². The number of nitrogens with zero attached hydrogens (tertiary/aromatic N) is 2. The van der Waals surface area contributed by atoms with Crippen LogP contribution < -0.4 is 5.73 Å². The molecule has 1 aromatic heterocycles. The Kier molecular flexibility index (Phi) is 3.48. The minimum atomic E-state index is 0.786. The van der Waals surface area contributed by atoms with Gasteiger partial charge in [-0.1, -0.05) is 36.4 Å². The third kappa shape index (κ3) is 2.82. The lowest BCUT2D eigenvalue weighted by Crippen LogP contribution is -2.05. The summed E-state index contributed by atoms with van der Waals surface area (Å²) in [5, 5.41) is 0. The van der Waals surface area contributed by atoms with Gasteiger partial charge in [-0.2, -0.15) is 0 Å². The number of hydrogen-bond donors (Lipinski definition) is 1. The number of fused-ring (bicyclic) bond motifs is 1. The van der Waals surface area contributed by atoms with Crippen LogP contribution in [0.15, 0.2) is 60.7 Å². The molecule has 0 aliphatic carbocycles. The van der Waals surface area contributed by atoms with Gasteiger partial charge in [-0.15, -0.1) is 0 Å². The third-order valence-electron chi connectivity index (χ3n) is 3.50. The van der Waals surface area contributed by atoms with Gasteiger partial charge < -0.3 is 10.3 Å². The number of nitrogen functional groups attached to an aromatic ring is 1. The molecule has 0 aliphatic heterocycles. The van der Waals surface area contributed by atoms with Gasteiger partial charge in [0.15, 0.2) is 0 Å². The number of para-hydroxylation sites is 2. The summed E-state index contributed by atoms with van der Waals surface area (Å²) >= 11 is 0. The van der Waals surface area contributed by atoms with Crippen LogP contribution >= 0.6 is 0 Å². The van der Waals surface area contributed by atoms with E-state index in [1.165, 1.54) is 5.56 Å². The largest absolute Gasteiger partial charge is 0.399 e. The normalized spacial score (nSPS) is 10.9. The summed E-state index contributed by atoms with van der Waals surface area (Å²) in [6.07, 6.45) is 0.794. The number of benzene rings is 2. The van der Waals surface area contributed by atoms with Crippen LogP contribution in [-0.2, 0) is 13.0 Å². The summed E-state index contributed by atoms with van der Waals surface area (Å²) in [6, 6.07) is 16.2. The maximum atomic E-state index is 5.74. The first-order chi connectivity index (χ1) is 10.1. The molecule has 0 aliphatic rings. The van der Waals surface area contributed by atoms with E-state index in [1.54, 1.807) is 0 Å². The van der Waals surface area contributed by atoms with Crippen LogP contribution in [0.4, 0.5) is 5.69 Å². The lowest BCUT2D eigenvalue weighted by Gasteiger charge is -2.09. The molecule has 0 saturated carbocycles. The number of anilines is 1. The van der Waals surface area contributed by atoms with E-state index in [9.17, 15) is 0 Å². The fraction of sp³-hybridized carbons (Fsp3) is 0.167. The monoisotopic (exact) mass is 277 g/mol. The summed E-state index contributed by atoms with van der Waals surface area (Å²) < 4.78 is 2.24. The van der Waals surface area contributed by atoms with Crippen LogP contribution in [0.3, 0.4) is 0 Å². The lowest BCUT2D eigenvalue weighted by molar-refractivity contribution is 0.753. The van der Waals surface area contributed by atoms with E-state index in [2.05, 4.69) is 35.4 Å². The molecule has 3 rings (SSSR count). The molecule has 0 saturated heterocycles. The fourth-order valence-corrected chi connectivity index (χ4v) is 2.52. The summed E-state index contributed by atoms with van der Waals surface area (Å²) in [5.41, 5.74) is 11.1. The maximum absolute atomic E-state index is 5.74. The number of allylic oxidation sites excluding steroid dienone is 1. The minimum Gasteiger partial charge on any atom is -0.399 e. The Morgan fingerprint density at radius 1 is 1.14 bits per heavy atom. The summed E-state index contributed by atoms with van der Waals surface area (Å²) in [4.78, 5) is 4.77. The molecule has 3 heteroatoms. The van der Waals surface area contributed by atoms with Crippen molar-refractivity contribution in [2.45, 2.75) is 19.9 Å². The zero-order valence-corrected chi connectivity index (χ0v) is 12.2. The quantitative estimate of drug-likeness (QED) is 0.582. The Bertz CT molecular complexity index is 782. The zero-order valence-electron chi connectivity index (χ0n) is 12.2. The highest BCUT2D eigenvalue weighted by Crippen LogP contribution is 2.20. The van der Waals surface area contributed by atoms with Crippen LogP contribution in [0, 0.1) is 0 Å². The van der Waals surface area contributed by atoms with E-state index in [0.29, 0.717) is 0 Å². The van der Waals surface area contributed by atoms with E-state index in [0.717, 1.165) is 41.1 Å². The summed E-state index contributed by atoms with van der Waals surface area (Å²) in [7, 11) is 0. The number of hydrogen-bond acceptors (Lipinski definition) is 2. The SMILES string of the molecule is C=C(C)Cn1c(Cc2ccc(N)cc2)nc2ccccc21. The molecule has 2 N–H and O–H groups in total. The van der Waals surface area contributed by atoms with Crippen molar-refractivity contribution in [3.05, 3.63) is 72.1 Å². The highest BCUT2D eigenvalue weighted by Gasteiger charge is 2.10. The minimum absolute atomic E-state index is 0.786. The first-order valence-corrected chi connectivity index (χ1v) is 7.06. The van der Waals surface area contributed by atoms with Crippen molar-refractivity contribution >= 4 is 16.7 Å². The second kappa shape index (κ2) is 5.44. The Balaban J connectivity index is 2.04. The van der Waals surface area contributed by atoms with Crippen molar-refractivity contribution in [2.75, 3.05) is 5.73 Å². The molecule has 3 nitrogen and oxygen atoms in total. The van der Waals surface area contributed by atoms with Crippen molar-refractivity contribution in [1.29, 1.82) is 0 Å². The van der Waals surface area contributed by atoms with Crippen LogP contribution in [-0.4, -0.2) is 9.55 Å². The molecule has 0 bridgehead atoms. The molecule has 0 amide bonds. The molecule has 2 aromatic carbocycles. The van der Waals surface area contributed by atoms with Crippen molar-refractivity contribution in [2.24, 2.45) is 0 Å². The topological polar surface area (TPSA) is 43.8 Å². The Morgan fingerprint density at radius 2 is 1.86 bits per heavy atom. The van der Waals surface area contributed by atoms with Crippen molar-refractivity contribution < 1.29 is 0 Å². The molecule has 106 valence electrons. The average molecular weight is 277 g/mol. The Labute approximate surface area is 124 Å². The number of nitrogens with two attached hydrogens (primary N) is 1. The number of rotatable bonds is 4. The van der Waals surface area contributed by atoms with Crippen LogP contribution in [0.25, 0.3) is 11.0 Å². The van der Waals surface area contributed by atoms with Gasteiger partial charge in [-0.3, -0.25) is 0 Å². The second-order valence-corrected chi connectivity index (χ2v) is 5.48. The molecule has 21 heavy (non-hydrogen) atoms. The summed E-state index contributed by atoms with van der Waals surface area (Å²) in [6.45, 7) is 6.87. The van der Waals surface area contributed by atoms with Crippen LogP contribution in [0.1, 0.15) is 18.3 Å². The highest BCUT2D eigenvalue weighted by molar-refractivity contribution is 5.76. The first kappa shape index (κ1) is 13.4. The van der Waals surface area contributed by atoms with Gasteiger partial charge in [0.05, 0.1) is 11.0 Å². The smallest absolute Gasteiger partial charge is 0.114 e. The van der Waals surface area contributed by atoms with Crippen molar-refractivity contribution in [3.63, 3.8) is 0 Å². The number of aromatic nitrogens is 2. The van der Waals surface area contributed by atoms with Gasteiger partial charge in [-0.25, -0.2) is 4.98 Å². The Hall–Kier alpha value is -2.55. The zero-order chi connectivity index (χ0) is 14.8. The van der Waals surface area contributed by atoms with Crippen molar-refractivity contribution in [1.82, 2.24) is 9.55 Å². The van der Waals surface area contributed by atoms with Crippen LogP contribution in [0.2, 0.25) is 0 Å². The van der Waals surface area contributed by atoms with Gasteiger partial charge in [0.2, 0.25) is 0 Å². The molecule has 0 fully saturated rings. The predicted molar refractivity (Wildman–Crippen MR) is 88.2 cm³/mol. The average Bonchev–Trinajstić information content (AvgIpc) is 2.79. The number of imidazole rings is 1. The predicted octanol–water partition coefficient (Wildman–Crippen LogP) is 3.79. The van der Waals surface area contributed by atoms with Crippen LogP contribution in [0.5, 0.6) is 0 Å². The van der Waals surface area contributed by atoms with E-state index >= 15 is 0 Å². The van der Waals surface area contributed by atoms with E-state index in [-0.39, 0.29) is 0 Å². The van der Waals surface area contributed by atoms with Crippen molar-refractivity contribution in [3.8, 4) is 0 Å². The fourth-order valence-electron chi connectivity index (χ4n) is 2.52. The summed E-state index contributed by atoms with van der Waals surface area (Å²) in [5.74, 6) is 1.06. The first-order valence-electron chi connectivity index (χ1n) is 7.06. The van der Waals surface area contributed by atoms with Gasteiger partial charge >= 0.3 is 0 Å². The van der Waals surface area contributed by atoms with E-state index in [1.807, 2.05) is 31.2 Å². The molecule has 1 heterocycles. The lowest BCUT2D eigenvalue weighted by atomic mass is 10.1. The van der Waals surface area contributed by atoms with Gasteiger partial charge in [0.25, 0.3) is 0 Å². The maximum Gasteiger partial charge on any atom is 0.114 e.